The lowest BCUT2D eigenvalue weighted by atomic mass is 10.3. The van der Waals surface area contributed by atoms with Crippen LogP contribution >= 0.6 is 11.6 Å². The van der Waals surface area contributed by atoms with Crippen LogP contribution in [-0.4, -0.2) is 29.3 Å². The maximum absolute atomic E-state index is 11.2. The topological polar surface area (TPSA) is 59.4 Å². The Hall–Kier alpha value is -1.13. The van der Waals surface area contributed by atoms with Gasteiger partial charge in [-0.05, 0) is 12.1 Å². The molecule has 1 N–H and O–H groups in total. The van der Waals surface area contributed by atoms with Gasteiger partial charge in [0.2, 0.25) is 0 Å². The third-order valence-electron chi connectivity index (χ3n) is 1.30. The molecule has 0 saturated carbocycles. The van der Waals surface area contributed by atoms with E-state index >= 15 is 0 Å². The Morgan fingerprint density at radius 1 is 1.69 bits per heavy atom. The van der Waals surface area contributed by atoms with E-state index in [0.29, 0.717) is 0 Å². The molecule has 0 spiro atoms. The Labute approximate surface area is 80.1 Å². The Morgan fingerprint density at radius 2 is 2.46 bits per heavy atom. The number of pyridine rings is 1. The van der Waals surface area contributed by atoms with Crippen LogP contribution in [-0.2, 0) is 4.74 Å². The van der Waals surface area contributed by atoms with Gasteiger partial charge in [0.05, 0.1) is 12.2 Å². The second kappa shape index (κ2) is 4.79. The van der Waals surface area contributed by atoms with Crippen LogP contribution in [0.15, 0.2) is 18.3 Å². The van der Waals surface area contributed by atoms with Gasteiger partial charge in [-0.2, -0.15) is 0 Å². The number of nitrogens with zero attached hydrogens (tertiary/aromatic N) is 1. The molecule has 1 aromatic rings. The molecule has 0 amide bonds. The number of hydrogen-bond donors (Lipinski definition) is 1. The summed E-state index contributed by atoms with van der Waals surface area (Å²) in [6.07, 6.45) is 1.48. The predicted molar refractivity (Wildman–Crippen MR) is 46.6 cm³/mol. The molecule has 4 nitrogen and oxygen atoms in total. The fourth-order valence-electron chi connectivity index (χ4n) is 0.754. The van der Waals surface area contributed by atoms with Gasteiger partial charge in [0, 0.05) is 6.20 Å². The van der Waals surface area contributed by atoms with Gasteiger partial charge >= 0.3 is 5.97 Å². The van der Waals surface area contributed by atoms with Gasteiger partial charge in [0.15, 0.2) is 0 Å². The molecule has 0 fully saturated rings. The van der Waals surface area contributed by atoms with E-state index in [0.717, 1.165) is 0 Å². The van der Waals surface area contributed by atoms with Crippen LogP contribution in [0, 0.1) is 0 Å². The molecule has 0 aliphatic carbocycles. The van der Waals surface area contributed by atoms with Gasteiger partial charge in [-0.15, -0.1) is 0 Å². The minimum Gasteiger partial charge on any atom is -0.460 e. The first-order valence-electron chi connectivity index (χ1n) is 3.64. The third-order valence-corrected chi connectivity index (χ3v) is 1.60. The molecular formula is C8H8ClNO3. The van der Waals surface area contributed by atoms with Crippen LogP contribution in [0.25, 0.3) is 0 Å². The Kier molecular flexibility index (Phi) is 3.67. The summed E-state index contributed by atoms with van der Waals surface area (Å²) in [5.41, 5.74) is 0.206. The average molecular weight is 202 g/mol. The number of halogens is 1. The van der Waals surface area contributed by atoms with Crippen LogP contribution in [0.2, 0.25) is 5.15 Å². The summed E-state index contributed by atoms with van der Waals surface area (Å²) in [4.78, 5) is 14.9. The standard InChI is InChI=1S/C8H8ClNO3/c9-7-6(2-1-3-10-7)8(12)13-5-4-11/h1-3,11H,4-5H2. The molecule has 1 rings (SSSR count). The lowest BCUT2D eigenvalue weighted by Crippen LogP contribution is -2.09. The highest BCUT2D eigenvalue weighted by atomic mass is 35.5. The minimum atomic E-state index is -0.577. The summed E-state index contributed by atoms with van der Waals surface area (Å²) >= 11 is 5.62. The molecule has 0 aromatic carbocycles. The van der Waals surface area contributed by atoms with Gasteiger partial charge in [-0.3, -0.25) is 0 Å². The van der Waals surface area contributed by atoms with E-state index < -0.39 is 5.97 Å². The molecular weight excluding hydrogens is 194 g/mol. The molecule has 0 radical (unpaired) electrons. The summed E-state index contributed by atoms with van der Waals surface area (Å²) in [6, 6.07) is 3.09. The number of ether oxygens (including phenoxy) is 1. The second-order valence-corrected chi connectivity index (χ2v) is 2.56. The number of rotatable bonds is 3. The maximum Gasteiger partial charge on any atom is 0.341 e. The lowest BCUT2D eigenvalue weighted by Gasteiger charge is -2.02. The highest BCUT2D eigenvalue weighted by Gasteiger charge is 2.10. The molecule has 0 aliphatic rings. The van der Waals surface area contributed by atoms with E-state index in [4.69, 9.17) is 16.7 Å². The Morgan fingerprint density at radius 3 is 3.08 bits per heavy atom. The fraction of sp³-hybridized carbons (Fsp3) is 0.250. The molecule has 0 aliphatic heterocycles. The number of aromatic nitrogens is 1. The summed E-state index contributed by atoms with van der Waals surface area (Å²) < 4.78 is 4.64. The van der Waals surface area contributed by atoms with Crippen LogP contribution in [0.4, 0.5) is 0 Å². The summed E-state index contributed by atoms with van der Waals surface area (Å²) in [5, 5.41) is 8.51. The van der Waals surface area contributed by atoms with Crippen molar-refractivity contribution in [1.82, 2.24) is 4.98 Å². The average Bonchev–Trinajstić information content (AvgIpc) is 2.15. The summed E-state index contributed by atoms with van der Waals surface area (Å²) in [7, 11) is 0. The van der Waals surface area contributed by atoms with Crippen molar-refractivity contribution in [3.63, 3.8) is 0 Å². The molecule has 5 heteroatoms. The second-order valence-electron chi connectivity index (χ2n) is 2.20. The monoisotopic (exact) mass is 201 g/mol. The van der Waals surface area contributed by atoms with Crippen molar-refractivity contribution in [2.45, 2.75) is 0 Å². The van der Waals surface area contributed by atoms with Crippen molar-refractivity contribution >= 4 is 17.6 Å². The SMILES string of the molecule is O=C(OCCO)c1cccnc1Cl. The first kappa shape index (κ1) is 9.95. The van der Waals surface area contributed by atoms with Gasteiger partial charge in [-0.25, -0.2) is 9.78 Å². The smallest absolute Gasteiger partial charge is 0.341 e. The number of carbonyl (C=O) groups excluding carboxylic acids is 1. The van der Waals surface area contributed by atoms with Crippen molar-refractivity contribution in [3.8, 4) is 0 Å². The molecule has 0 atom stereocenters. The predicted octanol–water partition coefficient (Wildman–Crippen LogP) is 0.884. The van der Waals surface area contributed by atoms with Crippen molar-refractivity contribution in [3.05, 3.63) is 29.0 Å². The molecule has 70 valence electrons. The summed E-state index contributed by atoms with van der Waals surface area (Å²) in [5.74, 6) is -0.577. The Bertz CT molecular complexity index is 303. The van der Waals surface area contributed by atoms with Crippen molar-refractivity contribution < 1.29 is 14.6 Å². The lowest BCUT2D eigenvalue weighted by molar-refractivity contribution is 0.0433. The number of carbonyl (C=O) groups is 1. The number of esters is 1. The van der Waals surface area contributed by atoms with Crippen LogP contribution in [0.3, 0.4) is 0 Å². The van der Waals surface area contributed by atoms with E-state index in [1.807, 2.05) is 0 Å². The van der Waals surface area contributed by atoms with Crippen molar-refractivity contribution in [1.29, 1.82) is 0 Å². The van der Waals surface area contributed by atoms with E-state index in [-0.39, 0.29) is 23.9 Å². The molecule has 0 unspecified atom stereocenters. The first-order chi connectivity index (χ1) is 6.25. The third kappa shape index (κ3) is 2.68. The minimum absolute atomic E-state index is 0.0376. The highest BCUT2D eigenvalue weighted by Crippen LogP contribution is 2.12. The maximum atomic E-state index is 11.2. The highest BCUT2D eigenvalue weighted by molar-refractivity contribution is 6.32. The van der Waals surface area contributed by atoms with Crippen LogP contribution < -0.4 is 0 Å². The zero-order valence-corrected chi connectivity index (χ0v) is 7.49. The Balaban J connectivity index is 2.71. The van der Waals surface area contributed by atoms with Crippen LogP contribution in [0.5, 0.6) is 0 Å². The van der Waals surface area contributed by atoms with E-state index in [9.17, 15) is 4.79 Å². The van der Waals surface area contributed by atoms with E-state index in [2.05, 4.69) is 9.72 Å². The molecule has 0 saturated heterocycles. The zero-order valence-electron chi connectivity index (χ0n) is 6.74. The van der Waals surface area contributed by atoms with Crippen molar-refractivity contribution in [2.75, 3.05) is 13.2 Å². The molecule has 1 heterocycles. The quantitative estimate of drug-likeness (QED) is 0.583. The van der Waals surface area contributed by atoms with E-state index in [1.165, 1.54) is 12.3 Å². The van der Waals surface area contributed by atoms with Crippen molar-refractivity contribution in [2.24, 2.45) is 0 Å². The van der Waals surface area contributed by atoms with Gasteiger partial charge in [-0.1, -0.05) is 11.6 Å². The molecule has 13 heavy (non-hydrogen) atoms. The van der Waals surface area contributed by atoms with Gasteiger partial charge in [0.25, 0.3) is 0 Å². The van der Waals surface area contributed by atoms with Gasteiger partial charge < -0.3 is 9.84 Å². The normalized spacial score (nSPS) is 9.69. The molecule has 0 bridgehead atoms. The number of aliphatic hydroxyl groups excluding tert-OH is 1. The number of aliphatic hydroxyl groups is 1. The number of hydrogen-bond acceptors (Lipinski definition) is 4. The van der Waals surface area contributed by atoms with E-state index in [1.54, 1.807) is 6.07 Å². The zero-order chi connectivity index (χ0) is 9.68. The largest absolute Gasteiger partial charge is 0.460 e. The summed E-state index contributed by atoms with van der Waals surface area (Å²) in [6.45, 7) is -0.242. The molecule has 1 aromatic heterocycles. The first-order valence-corrected chi connectivity index (χ1v) is 4.02. The van der Waals surface area contributed by atoms with Crippen LogP contribution in [0.1, 0.15) is 10.4 Å². The fourth-order valence-corrected chi connectivity index (χ4v) is 0.951. The van der Waals surface area contributed by atoms with Gasteiger partial charge in [0.1, 0.15) is 11.8 Å².